The Labute approximate surface area is 177 Å². The molecule has 1 N–H and O–H groups in total. The Hall–Kier alpha value is -2.04. The maximum atomic E-state index is 13.2. The van der Waals surface area contributed by atoms with E-state index < -0.39 is 0 Å². The van der Waals surface area contributed by atoms with Gasteiger partial charge in [0, 0.05) is 50.4 Å². The minimum absolute atomic E-state index is 0.00948. The zero-order chi connectivity index (χ0) is 22.5. The van der Waals surface area contributed by atoms with Crippen molar-refractivity contribution in [3.8, 4) is 0 Å². The molecule has 0 aliphatic rings. The summed E-state index contributed by atoms with van der Waals surface area (Å²) in [4.78, 5) is 29.4. The summed E-state index contributed by atoms with van der Waals surface area (Å²) < 4.78 is 0. The molecule has 1 atom stereocenters. The summed E-state index contributed by atoms with van der Waals surface area (Å²) in [6.45, 7) is 17.0. The highest BCUT2D eigenvalue weighted by atomic mass is 16.2. The minimum atomic E-state index is -0.0854. The van der Waals surface area contributed by atoms with Gasteiger partial charge in [-0.2, -0.15) is 0 Å². The molecule has 29 heavy (non-hydrogen) atoms. The monoisotopic (exact) mass is 403 g/mol. The van der Waals surface area contributed by atoms with Crippen LogP contribution in [0.5, 0.6) is 0 Å². The van der Waals surface area contributed by atoms with Gasteiger partial charge in [-0.25, -0.2) is 0 Å². The molecule has 1 aromatic carbocycles. The molecular formula is C24H41N3O2. The number of nitrogens with one attached hydrogen (secondary N) is 1. The fraction of sp³-hybridized carbons (Fsp3) is 0.667. The van der Waals surface area contributed by atoms with Crippen molar-refractivity contribution in [1.82, 2.24) is 4.90 Å². The first-order valence-electron chi connectivity index (χ1n) is 10.6. The smallest absolute Gasteiger partial charge is 0.226 e. The maximum absolute atomic E-state index is 13.2. The van der Waals surface area contributed by atoms with Crippen LogP contribution in [0.15, 0.2) is 18.2 Å². The summed E-state index contributed by atoms with van der Waals surface area (Å²) in [7, 11) is 4.00. The van der Waals surface area contributed by atoms with Gasteiger partial charge in [-0.1, -0.05) is 48.5 Å². The van der Waals surface area contributed by atoms with Crippen LogP contribution in [0.4, 0.5) is 11.4 Å². The maximum Gasteiger partial charge on any atom is 0.226 e. The van der Waals surface area contributed by atoms with Gasteiger partial charge in [-0.15, -0.1) is 0 Å². The lowest BCUT2D eigenvalue weighted by Gasteiger charge is -2.35. The third kappa shape index (κ3) is 7.71. The van der Waals surface area contributed by atoms with Crippen LogP contribution in [0.1, 0.15) is 67.4 Å². The van der Waals surface area contributed by atoms with Crippen molar-refractivity contribution in [3.05, 3.63) is 23.8 Å². The molecule has 0 aliphatic heterocycles. The molecule has 0 saturated carbocycles. The summed E-state index contributed by atoms with van der Waals surface area (Å²) >= 11 is 0. The van der Waals surface area contributed by atoms with E-state index in [1.807, 2.05) is 51.0 Å². The number of carbonyl (C=O) groups is 2. The number of rotatable bonds is 8. The van der Waals surface area contributed by atoms with E-state index in [9.17, 15) is 9.59 Å². The highest BCUT2D eigenvalue weighted by Crippen LogP contribution is 2.28. The van der Waals surface area contributed by atoms with Crippen molar-refractivity contribution in [2.24, 2.45) is 17.3 Å². The van der Waals surface area contributed by atoms with Gasteiger partial charge in [0.1, 0.15) is 0 Å². The van der Waals surface area contributed by atoms with Gasteiger partial charge in [0.25, 0.3) is 0 Å². The molecule has 0 spiro atoms. The van der Waals surface area contributed by atoms with Crippen LogP contribution >= 0.6 is 0 Å². The van der Waals surface area contributed by atoms with Crippen LogP contribution in [0.2, 0.25) is 0 Å². The number of carbonyl (C=O) groups excluding carboxylic acids is 2. The fourth-order valence-electron chi connectivity index (χ4n) is 3.07. The quantitative estimate of drug-likeness (QED) is 0.652. The molecular weight excluding hydrogens is 362 g/mol. The number of hydrogen-bond acceptors (Lipinski definition) is 3. The van der Waals surface area contributed by atoms with E-state index in [4.69, 9.17) is 0 Å². The molecule has 5 heteroatoms. The van der Waals surface area contributed by atoms with E-state index in [1.165, 1.54) is 0 Å². The van der Waals surface area contributed by atoms with Crippen molar-refractivity contribution in [3.63, 3.8) is 0 Å². The van der Waals surface area contributed by atoms with Crippen molar-refractivity contribution < 1.29 is 9.59 Å². The second-order valence-corrected chi connectivity index (χ2v) is 10.1. The van der Waals surface area contributed by atoms with E-state index in [0.29, 0.717) is 18.9 Å². The zero-order valence-electron chi connectivity index (χ0n) is 20.1. The molecule has 0 saturated heterocycles. The Bertz CT molecular complexity index is 703. The molecule has 1 rings (SSSR count). The predicted octanol–water partition coefficient (Wildman–Crippen LogP) is 5.16. The average Bonchev–Trinajstić information content (AvgIpc) is 2.57. The van der Waals surface area contributed by atoms with E-state index in [1.54, 1.807) is 0 Å². The first kappa shape index (κ1) is 25.0. The molecule has 0 bridgehead atoms. The second-order valence-electron chi connectivity index (χ2n) is 10.1. The molecule has 0 heterocycles. The summed E-state index contributed by atoms with van der Waals surface area (Å²) in [5.41, 5.74) is 2.79. The second kappa shape index (κ2) is 10.1. The highest BCUT2D eigenvalue weighted by Gasteiger charge is 2.27. The minimum Gasteiger partial charge on any atom is -0.377 e. The van der Waals surface area contributed by atoms with Crippen LogP contribution in [0.25, 0.3) is 0 Å². The summed E-state index contributed by atoms with van der Waals surface area (Å²) in [5, 5.41) is 2.98. The zero-order valence-corrected chi connectivity index (χ0v) is 20.1. The Morgan fingerprint density at radius 3 is 2.07 bits per heavy atom. The van der Waals surface area contributed by atoms with Gasteiger partial charge in [0.2, 0.25) is 11.8 Å². The van der Waals surface area contributed by atoms with Crippen LogP contribution in [-0.2, 0) is 16.1 Å². The number of anilines is 2. The van der Waals surface area contributed by atoms with E-state index in [-0.39, 0.29) is 29.2 Å². The Morgan fingerprint density at radius 1 is 1.03 bits per heavy atom. The Balaban J connectivity index is 3.30. The standard InChI is InChI=1S/C24H41N3O2/c1-16(2)18(5)27(22(28)14-24(6,7)8)15-19-13-20(25-23(29)17(3)4)11-12-21(19)26(9)10/h11-13,16-18H,14-15H2,1-10H3,(H,25,29)/t18-/m1/s1. The third-order valence-electron chi connectivity index (χ3n) is 5.15. The lowest BCUT2D eigenvalue weighted by atomic mass is 9.90. The fourth-order valence-corrected chi connectivity index (χ4v) is 3.07. The van der Waals surface area contributed by atoms with Crippen LogP contribution in [0.3, 0.4) is 0 Å². The van der Waals surface area contributed by atoms with Crippen molar-refractivity contribution in [1.29, 1.82) is 0 Å². The molecule has 0 fully saturated rings. The van der Waals surface area contributed by atoms with E-state index >= 15 is 0 Å². The normalized spacial score (nSPS) is 12.8. The Morgan fingerprint density at radius 2 is 1.62 bits per heavy atom. The van der Waals surface area contributed by atoms with Gasteiger partial charge in [0.15, 0.2) is 0 Å². The first-order chi connectivity index (χ1) is 13.2. The highest BCUT2D eigenvalue weighted by molar-refractivity contribution is 5.92. The number of hydrogen-bond donors (Lipinski definition) is 1. The summed E-state index contributed by atoms with van der Waals surface area (Å²) in [6.07, 6.45) is 0.505. The van der Waals surface area contributed by atoms with E-state index in [2.05, 4.69) is 51.8 Å². The summed E-state index contributed by atoms with van der Waals surface area (Å²) in [6, 6.07) is 6.05. The number of nitrogens with zero attached hydrogens (tertiary/aromatic N) is 2. The van der Waals surface area contributed by atoms with Gasteiger partial charge >= 0.3 is 0 Å². The molecule has 0 unspecified atom stereocenters. The van der Waals surface area contributed by atoms with Crippen LogP contribution < -0.4 is 10.2 Å². The van der Waals surface area contributed by atoms with E-state index in [0.717, 1.165) is 16.9 Å². The number of benzene rings is 1. The molecule has 0 aromatic heterocycles. The first-order valence-corrected chi connectivity index (χ1v) is 10.6. The lowest BCUT2D eigenvalue weighted by molar-refractivity contribution is -0.136. The topological polar surface area (TPSA) is 52.7 Å². The van der Waals surface area contributed by atoms with Crippen LogP contribution in [-0.4, -0.2) is 36.9 Å². The van der Waals surface area contributed by atoms with Gasteiger partial charge < -0.3 is 15.1 Å². The van der Waals surface area contributed by atoms with Gasteiger partial charge in [-0.3, -0.25) is 9.59 Å². The van der Waals surface area contributed by atoms with Gasteiger partial charge in [-0.05, 0) is 42.0 Å². The SMILES string of the molecule is CC(C)C(=O)Nc1ccc(N(C)C)c(CN(C(=O)CC(C)(C)C)[C@H](C)C(C)C)c1. The van der Waals surface area contributed by atoms with Crippen molar-refractivity contribution >= 4 is 23.2 Å². The average molecular weight is 404 g/mol. The molecule has 0 aliphatic carbocycles. The van der Waals surface area contributed by atoms with Gasteiger partial charge in [0.05, 0.1) is 0 Å². The van der Waals surface area contributed by atoms with Crippen molar-refractivity contribution in [2.75, 3.05) is 24.3 Å². The molecule has 164 valence electrons. The largest absolute Gasteiger partial charge is 0.377 e. The van der Waals surface area contributed by atoms with Crippen molar-refractivity contribution in [2.45, 2.75) is 74.4 Å². The molecule has 5 nitrogen and oxygen atoms in total. The van der Waals surface area contributed by atoms with Crippen LogP contribution in [0, 0.1) is 17.3 Å². The summed E-state index contributed by atoms with van der Waals surface area (Å²) in [5.74, 6) is 0.424. The molecule has 2 amide bonds. The third-order valence-corrected chi connectivity index (χ3v) is 5.15. The molecule has 0 radical (unpaired) electrons. The Kier molecular flexibility index (Phi) is 8.73. The lowest BCUT2D eigenvalue weighted by Crippen LogP contribution is -2.42. The predicted molar refractivity (Wildman–Crippen MR) is 123 cm³/mol. The molecule has 1 aromatic rings. The number of amides is 2.